The fourth-order valence-electron chi connectivity index (χ4n) is 3.89. The van der Waals surface area contributed by atoms with Crippen LogP contribution in [0.3, 0.4) is 0 Å². The van der Waals surface area contributed by atoms with Crippen molar-refractivity contribution in [3.63, 3.8) is 0 Å². The molecule has 1 aliphatic rings. The summed E-state index contributed by atoms with van der Waals surface area (Å²) in [6, 6.07) is 10.9. The third-order valence-corrected chi connectivity index (χ3v) is 5.42. The van der Waals surface area contributed by atoms with E-state index >= 15 is 0 Å². The molecule has 1 aliphatic heterocycles. The Bertz CT molecular complexity index is 1170. The molecular formula is C24H27N4O4+. The fraction of sp³-hybridized carbons (Fsp3) is 0.250. The summed E-state index contributed by atoms with van der Waals surface area (Å²) in [7, 11) is 1.87. The highest BCUT2D eigenvalue weighted by molar-refractivity contribution is 6.09. The third-order valence-electron chi connectivity index (χ3n) is 5.42. The van der Waals surface area contributed by atoms with Gasteiger partial charge in [-0.2, -0.15) is 0 Å². The van der Waals surface area contributed by atoms with E-state index in [1.165, 1.54) is 6.21 Å². The van der Waals surface area contributed by atoms with Crippen molar-refractivity contribution >= 4 is 28.6 Å². The second-order valence-electron chi connectivity index (χ2n) is 7.56. The molecule has 0 radical (unpaired) electrons. The number of nitrogens with two attached hydrogens (primary N) is 1. The number of carbonyl (C=O) groups is 1. The number of quaternary nitrogens is 1. The first-order valence-electron chi connectivity index (χ1n) is 10.6. The van der Waals surface area contributed by atoms with Crippen LogP contribution in [0.1, 0.15) is 21.5 Å². The predicted molar refractivity (Wildman–Crippen MR) is 122 cm³/mol. The van der Waals surface area contributed by atoms with Gasteiger partial charge in [-0.15, -0.1) is 0 Å². The maximum atomic E-state index is 13.2. The molecule has 1 atom stereocenters. The molecule has 0 spiro atoms. The molecule has 0 fully saturated rings. The van der Waals surface area contributed by atoms with E-state index < -0.39 is 6.04 Å². The lowest BCUT2D eigenvalue weighted by atomic mass is 10.0. The Labute approximate surface area is 185 Å². The summed E-state index contributed by atoms with van der Waals surface area (Å²) in [5, 5.41) is 23.5. The number of benzene rings is 2. The molecule has 0 aliphatic carbocycles. The maximum Gasteiger partial charge on any atom is 0.255 e. The van der Waals surface area contributed by atoms with Gasteiger partial charge in [0.2, 0.25) is 0 Å². The number of amides is 1. The Balaban J connectivity index is 1.62. The highest BCUT2D eigenvalue weighted by atomic mass is 16.6. The zero-order valence-corrected chi connectivity index (χ0v) is 17.9. The molecule has 0 unspecified atom stereocenters. The average molecular weight is 436 g/mol. The van der Waals surface area contributed by atoms with Crippen molar-refractivity contribution in [2.75, 3.05) is 26.9 Å². The molecule has 8 nitrogen and oxygen atoms in total. The van der Waals surface area contributed by atoms with Gasteiger partial charge >= 0.3 is 0 Å². The Hall–Kier alpha value is -3.62. The summed E-state index contributed by atoms with van der Waals surface area (Å²) in [6.45, 7) is 0.531. The Kier molecular flexibility index (Phi) is 6.53. The van der Waals surface area contributed by atoms with Crippen molar-refractivity contribution in [3.8, 4) is 11.5 Å². The number of nitrogens with one attached hydrogen (secondary N) is 3. The second kappa shape index (κ2) is 9.67. The minimum Gasteiger partial charge on any atom is -0.486 e. The van der Waals surface area contributed by atoms with Crippen molar-refractivity contribution in [2.24, 2.45) is 0 Å². The normalized spacial score (nSPS) is 14.2. The molecular weight excluding hydrogens is 408 g/mol. The molecule has 2 heterocycles. The summed E-state index contributed by atoms with van der Waals surface area (Å²) < 4.78 is 11.5. The number of H-pyrrole nitrogens is 1. The van der Waals surface area contributed by atoms with E-state index in [1.54, 1.807) is 18.3 Å². The molecule has 32 heavy (non-hydrogen) atoms. The van der Waals surface area contributed by atoms with Gasteiger partial charge in [0.05, 0.1) is 30.8 Å². The number of allylic oxidation sites excluding steroid dienone is 1. The molecule has 0 bridgehead atoms. The van der Waals surface area contributed by atoms with Gasteiger partial charge in [-0.3, -0.25) is 4.79 Å². The lowest BCUT2D eigenvalue weighted by Gasteiger charge is -2.23. The largest absolute Gasteiger partial charge is 0.486 e. The number of hydrogen-bond acceptors (Lipinski definition) is 5. The van der Waals surface area contributed by atoms with Gasteiger partial charge in [-0.1, -0.05) is 18.2 Å². The van der Waals surface area contributed by atoms with Crippen LogP contribution in [0.2, 0.25) is 0 Å². The van der Waals surface area contributed by atoms with E-state index in [1.807, 2.05) is 42.8 Å². The van der Waals surface area contributed by atoms with Crippen LogP contribution >= 0.6 is 0 Å². The monoisotopic (exact) mass is 435 g/mol. The highest BCUT2D eigenvalue weighted by Crippen LogP contribution is 2.37. The van der Waals surface area contributed by atoms with E-state index in [0.29, 0.717) is 47.8 Å². The van der Waals surface area contributed by atoms with Crippen molar-refractivity contribution in [3.05, 3.63) is 65.5 Å². The summed E-state index contributed by atoms with van der Waals surface area (Å²) in [5.74, 6) is 0.489. The van der Waals surface area contributed by atoms with Gasteiger partial charge in [0.25, 0.3) is 5.91 Å². The zero-order valence-electron chi connectivity index (χ0n) is 17.9. The number of ether oxygens (including phenoxy) is 2. The first kappa shape index (κ1) is 21.6. The number of para-hydroxylation sites is 1. The number of fused-ring (bicyclic) bond motifs is 2. The smallest absolute Gasteiger partial charge is 0.255 e. The van der Waals surface area contributed by atoms with E-state index in [-0.39, 0.29) is 12.5 Å². The van der Waals surface area contributed by atoms with Crippen LogP contribution in [0.4, 0.5) is 0 Å². The lowest BCUT2D eigenvalue weighted by Crippen LogP contribution is -2.72. The van der Waals surface area contributed by atoms with E-state index in [9.17, 15) is 9.90 Å². The average Bonchev–Trinajstić information content (AvgIpc) is 3.24. The lowest BCUT2D eigenvalue weighted by molar-refractivity contribution is -0.555. The molecule has 6 N–H and O–H groups in total. The van der Waals surface area contributed by atoms with Crippen molar-refractivity contribution < 1.29 is 24.7 Å². The molecule has 166 valence electrons. The molecule has 8 heteroatoms. The van der Waals surface area contributed by atoms with Crippen LogP contribution in [0, 0.1) is 5.41 Å². The van der Waals surface area contributed by atoms with Crippen LogP contribution in [0.25, 0.3) is 16.5 Å². The first-order valence-corrected chi connectivity index (χ1v) is 10.6. The van der Waals surface area contributed by atoms with E-state index in [4.69, 9.17) is 14.9 Å². The minimum absolute atomic E-state index is 0.207. The SMILES string of the molecule is C[NH2+]/C=C(\C=N)c1cc2c(c(C(=O)N[C@@H](CO)Cc3c[nH]c4ccccc34)c1)OCCO2. The van der Waals surface area contributed by atoms with Crippen LogP contribution in [-0.4, -0.2) is 55.1 Å². The number of aliphatic hydroxyl groups is 1. The summed E-state index contributed by atoms with van der Waals surface area (Å²) in [6.07, 6.45) is 5.41. The molecule has 3 aromatic rings. The van der Waals surface area contributed by atoms with Crippen LogP contribution < -0.4 is 20.1 Å². The van der Waals surface area contributed by atoms with Gasteiger partial charge in [-0.05, 0) is 35.7 Å². The third kappa shape index (κ3) is 4.37. The predicted octanol–water partition coefficient (Wildman–Crippen LogP) is 1.46. The molecule has 0 saturated heterocycles. The topological polar surface area (TPSA) is 124 Å². The number of aliphatic hydroxyl groups excluding tert-OH is 1. The zero-order chi connectivity index (χ0) is 22.5. The first-order chi connectivity index (χ1) is 15.6. The van der Waals surface area contributed by atoms with Crippen LogP contribution in [-0.2, 0) is 6.42 Å². The standard InChI is InChI=1S/C24H26N4O4/c1-26-12-17(11-25)15-9-20(23-22(10-15)31-6-7-32-23)24(30)28-18(14-29)8-16-13-27-21-5-3-2-4-19(16)21/h2-5,9-13,18,25-27,29H,6-8,14H2,1H3,(H,28,30)/p+1/b17-12+,25-11?/t18-/m1/s1. The van der Waals surface area contributed by atoms with Crippen molar-refractivity contribution in [1.82, 2.24) is 10.3 Å². The van der Waals surface area contributed by atoms with Gasteiger partial charge in [0.1, 0.15) is 19.4 Å². The number of aromatic amines is 1. The van der Waals surface area contributed by atoms with Gasteiger partial charge < -0.3 is 35.6 Å². The Morgan fingerprint density at radius 2 is 2.12 bits per heavy atom. The minimum atomic E-state index is -0.479. The van der Waals surface area contributed by atoms with Gasteiger partial charge in [0.15, 0.2) is 11.5 Å². The summed E-state index contributed by atoms with van der Waals surface area (Å²) >= 11 is 0. The quantitative estimate of drug-likeness (QED) is 0.344. The van der Waals surface area contributed by atoms with Crippen LogP contribution in [0.15, 0.2) is 48.8 Å². The number of hydrogen-bond donors (Lipinski definition) is 5. The van der Waals surface area contributed by atoms with E-state index in [2.05, 4.69) is 10.3 Å². The number of rotatable bonds is 8. The Morgan fingerprint density at radius 3 is 2.91 bits per heavy atom. The molecule has 0 saturated carbocycles. The van der Waals surface area contributed by atoms with Crippen LogP contribution in [0.5, 0.6) is 11.5 Å². The summed E-state index contributed by atoms with van der Waals surface area (Å²) in [4.78, 5) is 16.5. The summed E-state index contributed by atoms with van der Waals surface area (Å²) in [5.41, 5.74) is 3.68. The molecule has 2 aromatic carbocycles. The van der Waals surface area contributed by atoms with Gasteiger partial charge in [-0.25, -0.2) is 0 Å². The molecule has 1 aromatic heterocycles. The van der Waals surface area contributed by atoms with E-state index in [0.717, 1.165) is 16.5 Å². The maximum absolute atomic E-state index is 13.2. The molecule has 1 amide bonds. The molecule has 4 rings (SSSR count). The van der Waals surface area contributed by atoms with Crippen molar-refractivity contribution in [1.29, 1.82) is 5.41 Å². The van der Waals surface area contributed by atoms with Gasteiger partial charge in [0, 0.05) is 23.3 Å². The second-order valence-corrected chi connectivity index (χ2v) is 7.56. The van der Waals surface area contributed by atoms with Crippen molar-refractivity contribution in [2.45, 2.75) is 12.5 Å². The number of aromatic nitrogens is 1. The highest BCUT2D eigenvalue weighted by Gasteiger charge is 2.25. The Morgan fingerprint density at radius 1 is 1.31 bits per heavy atom. The number of carbonyl (C=O) groups excluding carboxylic acids is 1. The fourth-order valence-corrected chi connectivity index (χ4v) is 3.89.